The molecule has 4 amide bonds. The van der Waals surface area contributed by atoms with Gasteiger partial charge in [0.05, 0.1) is 11.1 Å². The van der Waals surface area contributed by atoms with Crippen LogP contribution in [0.2, 0.25) is 0 Å². The van der Waals surface area contributed by atoms with Crippen molar-refractivity contribution in [3.8, 4) is 0 Å². The molecule has 1 unspecified atom stereocenters. The normalized spacial score (nSPS) is 22.6. The third kappa shape index (κ3) is 4.85. The van der Waals surface area contributed by atoms with E-state index in [9.17, 15) is 27.6 Å². The number of piperidine rings is 2. The molecule has 10 nitrogen and oxygen atoms in total. The smallest absolute Gasteiger partial charge is 0.279 e. The lowest BCUT2D eigenvalue weighted by molar-refractivity contribution is -0.136. The molecular weight excluding hydrogens is 448 g/mol. The molecule has 0 spiro atoms. The molecule has 11 heteroatoms. The number of nitrogens with zero attached hydrogens (tertiary/aromatic N) is 2. The third-order valence-electron chi connectivity index (χ3n) is 6.51. The highest BCUT2D eigenvalue weighted by atomic mass is 32.2. The zero-order valence-electron chi connectivity index (χ0n) is 18.5. The molecule has 2 fully saturated rings. The Morgan fingerprint density at radius 1 is 1.03 bits per heavy atom. The van der Waals surface area contributed by atoms with Gasteiger partial charge in [0, 0.05) is 26.1 Å². The van der Waals surface area contributed by atoms with E-state index in [-0.39, 0.29) is 30.5 Å². The van der Waals surface area contributed by atoms with E-state index in [1.54, 1.807) is 18.2 Å². The maximum absolute atomic E-state index is 12.9. The van der Waals surface area contributed by atoms with Gasteiger partial charge >= 0.3 is 0 Å². The molecule has 0 saturated carbocycles. The van der Waals surface area contributed by atoms with Crippen LogP contribution >= 0.6 is 0 Å². The Labute approximate surface area is 192 Å². The van der Waals surface area contributed by atoms with Gasteiger partial charge in [-0.1, -0.05) is 13.0 Å². The molecule has 0 aromatic heterocycles. The van der Waals surface area contributed by atoms with Crippen molar-refractivity contribution in [1.82, 2.24) is 19.2 Å². The molecule has 178 valence electrons. The maximum atomic E-state index is 12.9. The molecule has 1 aromatic carbocycles. The Kier molecular flexibility index (Phi) is 6.64. The van der Waals surface area contributed by atoms with E-state index in [1.165, 1.54) is 4.31 Å². The molecule has 0 aliphatic carbocycles. The molecule has 3 heterocycles. The Balaban J connectivity index is 1.35. The van der Waals surface area contributed by atoms with Gasteiger partial charge < -0.3 is 0 Å². The first-order chi connectivity index (χ1) is 15.7. The number of aryl methyl sites for hydroxylation is 1. The minimum atomic E-state index is -3.50. The van der Waals surface area contributed by atoms with Crippen LogP contribution in [0.4, 0.5) is 0 Å². The van der Waals surface area contributed by atoms with Crippen LogP contribution in [-0.2, 0) is 26.2 Å². The minimum absolute atomic E-state index is 0.0709. The summed E-state index contributed by atoms with van der Waals surface area (Å²) < 4.78 is 29.0. The highest BCUT2D eigenvalue weighted by Gasteiger charge is 2.44. The number of hydrogen-bond donors (Lipinski definition) is 2. The van der Waals surface area contributed by atoms with E-state index >= 15 is 0 Å². The van der Waals surface area contributed by atoms with Crippen LogP contribution in [-0.4, -0.2) is 66.9 Å². The summed E-state index contributed by atoms with van der Waals surface area (Å²) in [5.41, 5.74) is 1.25. The number of rotatable bonds is 7. The summed E-state index contributed by atoms with van der Waals surface area (Å²) in [5, 5.41) is 2.17. The SMILES string of the molecule is CC1CCN(S(=O)(=O)NCCCc2ccc3c(c2)C(=O)N(C2CCC(=O)NC2=O)C3=O)CC1. The van der Waals surface area contributed by atoms with Gasteiger partial charge in [0.1, 0.15) is 6.04 Å². The summed E-state index contributed by atoms with van der Waals surface area (Å²) >= 11 is 0. The Hall–Kier alpha value is -2.63. The van der Waals surface area contributed by atoms with E-state index < -0.39 is 39.9 Å². The van der Waals surface area contributed by atoms with Gasteiger partial charge in [-0.2, -0.15) is 12.7 Å². The zero-order valence-corrected chi connectivity index (χ0v) is 19.3. The van der Waals surface area contributed by atoms with Gasteiger partial charge in [0.15, 0.2) is 0 Å². The van der Waals surface area contributed by atoms with Gasteiger partial charge in [-0.05, 0) is 55.7 Å². The van der Waals surface area contributed by atoms with Gasteiger partial charge in [0.2, 0.25) is 11.8 Å². The monoisotopic (exact) mass is 476 g/mol. The lowest BCUT2D eigenvalue weighted by atomic mass is 10.0. The zero-order chi connectivity index (χ0) is 23.8. The summed E-state index contributed by atoms with van der Waals surface area (Å²) in [6.07, 6.45) is 2.95. The second-order valence-electron chi connectivity index (χ2n) is 8.91. The van der Waals surface area contributed by atoms with E-state index in [1.807, 2.05) is 0 Å². The summed E-state index contributed by atoms with van der Waals surface area (Å²) in [6.45, 7) is 3.44. The Morgan fingerprint density at radius 2 is 1.73 bits per heavy atom. The molecule has 0 radical (unpaired) electrons. The average Bonchev–Trinajstić information content (AvgIpc) is 3.02. The summed E-state index contributed by atoms with van der Waals surface area (Å²) in [4.78, 5) is 50.1. The van der Waals surface area contributed by atoms with Crippen LogP contribution in [0.1, 0.15) is 65.3 Å². The quantitative estimate of drug-likeness (QED) is 0.437. The van der Waals surface area contributed by atoms with Crippen molar-refractivity contribution < 1.29 is 27.6 Å². The van der Waals surface area contributed by atoms with Gasteiger partial charge in [0.25, 0.3) is 22.0 Å². The number of nitrogens with one attached hydrogen (secondary N) is 2. The first-order valence-electron chi connectivity index (χ1n) is 11.3. The van der Waals surface area contributed by atoms with E-state index in [0.29, 0.717) is 31.8 Å². The van der Waals surface area contributed by atoms with Crippen LogP contribution in [0.5, 0.6) is 0 Å². The van der Waals surface area contributed by atoms with Crippen molar-refractivity contribution in [1.29, 1.82) is 0 Å². The fourth-order valence-electron chi connectivity index (χ4n) is 4.48. The second kappa shape index (κ2) is 9.32. The molecule has 0 bridgehead atoms. The number of hydrogen-bond acceptors (Lipinski definition) is 6. The molecular formula is C22H28N4O6S. The van der Waals surface area contributed by atoms with E-state index in [0.717, 1.165) is 23.3 Å². The topological polar surface area (TPSA) is 133 Å². The van der Waals surface area contributed by atoms with Gasteiger partial charge in [-0.25, -0.2) is 4.72 Å². The standard InChI is InChI=1S/C22H28N4O6S/c1-14-8-11-25(12-9-14)33(31,32)23-10-2-3-15-4-5-16-17(13-15)22(30)26(21(16)29)18-6-7-19(27)24-20(18)28/h4-5,13-14,18,23H,2-3,6-12H2,1H3,(H,24,27,28). The van der Waals surface area contributed by atoms with Crippen molar-refractivity contribution in [3.05, 3.63) is 34.9 Å². The molecule has 3 aliphatic heterocycles. The van der Waals surface area contributed by atoms with Gasteiger partial charge in [-0.15, -0.1) is 0 Å². The largest absolute Gasteiger partial charge is 0.295 e. The fraction of sp³-hybridized carbons (Fsp3) is 0.545. The molecule has 1 atom stereocenters. The van der Waals surface area contributed by atoms with Crippen molar-refractivity contribution in [2.75, 3.05) is 19.6 Å². The van der Waals surface area contributed by atoms with Crippen molar-refractivity contribution in [3.63, 3.8) is 0 Å². The molecule has 4 rings (SSSR count). The average molecular weight is 477 g/mol. The lowest BCUT2D eigenvalue weighted by Gasteiger charge is -2.29. The number of imide groups is 2. The number of fused-ring (bicyclic) bond motifs is 1. The van der Waals surface area contributed by atoms with Crippen LogP contribution in [0.25, 0.3) is 0 Å². The maximum Gasteiger partial charge on any atom is 0.279 e. The summed E-state index contributed by atoms with van der Waals surface area (Å²) in [6, 6.07) is 3.93. The molecule has 1 aromatic rings. The summed E-state index contributed by atoms with van der Waals surface area (Å²) in [7, 11) is -3.50. The highest BCUT2D eigenvalue weighted by molar-refractivity contribution is 7.87. The first kappa shape index (κ1) is 23.5. The highest BCUT2D eigenvalue weighted by Crippen LogP contribution is 2.28. The molecule has 2 saturated heterocycles. The molecule has 2 N–H and O–H groups in total. The van der Waals surface area contributed by atoms with Crippen LogP contribution < -0.4 is 10.0 Å². The van der Waals surface area contributed by atoms with Crippen molar-refractivity contribution in [2.24, 2.45) is 5.92 Å². The predicted molar refractivity (Wildman–Crippen MR) is 118 cm³/mol. The third-order valence-corrected chi connectivity index (χ3v) is 8.13. The lowest BCUT2D eigenvalue weighted by Crippen LogP contribution is -2.54. The number of benzene rings is 1. The number of carbonyl (C=O) groups excluding carboxylic acids is 4. The van der Waals surface area contributed by atoms with E-state index in [2.05, 4.69) is 17.0 Å². The van der Waals surface area contributed by atoms with E-state index in [4.69, 9.17) is 0 Å². The number of carbonyl (C=O) groups is 4. The van der Waals surface area contributed by atoms with Gasteiger partial charge in [-0.3, -0.25) is 29.4 Å². The van der Waals surface area contributed by atoms with Crippen LogP contribution in [0.3, 0.4) is 0 Å². The summed E-state index contributed by atoms with van der Waals surface area (Å²) in [5.74, 6) is -1.61. The Bertz CT molecular complexity index is 1090. The molecule has 3 aliphatic rings. The predicted octanol–water partition coefficient (Wildman–Crippen LogP) is 0.587. The minimum Gasteiger partial charge on any atom is -0.295 e. The van der Waals surface area contributed by atoms with Crippen molar-refractivity contribution >= 4 is 33.8 Å². The first-order valence-corrected chi connectivity index (χ1v) is 12.7. The molecule has 33 heavy (non-hydrogen) atoms. The number of amides is 4. The van der Waals surface area contributed by atoms with Crippen molar-refractivity contribution in [2.45, 2.75) is 51.5 Å². The second-order valence-corrected chi connectivity index (χ2v) is 10.7. The Morgan fingerprint density at radius 3 is 2.42 bits per heavy atom. The fourth-order valence-corrected chi connectivity index (χ4v) is 5.76. The van der Waals surface area contributed by atoms with Crippen LogP contribution in [0.15, 0.2) is 18.2 Å². The van der Waals surface area contributed by atoms with Crippen LogP contribution in [0, 0.1) is 5.92 Å².